The van der Waals surface area contributed by atoms with Gasteiger partial charge in [0, 0.05) is 29.2 Å². The molecule has 5 heteroatoms. The van der Waals surface area contributed by atoms with Gasteiger partial charge in [0.2, 0.25) is 11.8 Å². The van der Waals surface area contributed by atoms with Crippen LogP contribution in [0.25, 0.3) is 0 Å². The van der Waals surface area contributed by atoms with Gasteiger partial charge in [-0.3, -0.25) is 9.59 Å². The number of rotatable bonds is 4. The monoisotopic (exact) mass is 392 g/mol. The Kier molecular flexibility index (Phi) is 5.59. The summed E-state index contributed by atoms with van der Waals surface area (Å²) in [5.74, 6) is 0.666. The Bertz CT molecular complexity index is 594. The smallest absolute Gasteiger partial charge is 0.227 e. The Morgan fingerprint density at radius 2 is 1.88 bits per heavy atom. The molecule has 1 aliphatic carbocycles. The molecular weight excluding hydrogens is 368 g/mol. The largest absolute Gasteiger partial charge is 0.353 e. The van der Waals surface area contributed by atoms with E-state index >= 15 is 0 Å². The second-order valence-electron chi connectivity index (χ2n) is 7.02. The van der Waals surface area contributed by atoms with E-state index in [-0.39, 0.29) is 23.8 Å². The van der Waals surface area contributed by atoms with Gasteiger partial charge in [-0.1, -0.05) is 29.3 Å². The Hall–Kier alpha value is -1.36. The first-order chi connectivity index (χ1) is 11.6. The molecule has 4 nitrogen and oxygen atoms in total. The molecule has 2 fully saturated rings. The quantitative estimate of drug-likeness (QED) is 0.844. The van der Waals surface area contributed by atoms with Crippen LogP contribution in [0.4, 0.5) is 5.69 Å². The first kappa shape index (κ1) is 17.5. The number of nitrogens with one attached hydrogen (secondary N) is 1. The third-order valence-corrected chi connectivity index (χ3v) is 5.93. The van der Waals surface area contributed by atoms with Crippen LogP contribution in [0.3, 0.4) is 0 Å². The molecule has 1 N–H and O–H groups in total. The number of hydrogen-bond donors (Lipinski definition) is 1. The number of carbonyl (C=O) groups is 2. The standard InChI is InChI=1S/C19H25BrN2O2/c1-2-13-3-7-16(8-4-13)21-19(24)14-11-18(23)22(12-14)17-9-5-15(20)6-10-17/h5-6,9-10,13-14,16H,2-4,7-8,11-12H2,1H3,(H,21,24)/t13?,14-,16?/m1/s1. The Morgan fingerprint density at radius 1 is 1.21 bits per heavy atom. The van der Waals surface area contributed by atoms with Crippen molar-refractivity contribution >= 4 is 33.4 Å². The van der Waals surface area contributed by atoms with Gasteiger partial charge >= 0.3 is 0 Å². The number of amides is 2. The van der Waals surface area contributed by atoms with Crippen LogP contribution in [-0.2, 0) is 9.59 Å². The lowest BCUT2D eigenvalue weighted by Crippen LogP contribution is -2.41. The normalized spacial score (nSPS) is 27.3. The van der Waals surface area contributed by atoms with Gasteiger partial charge in [0.25, 0.3) is 0 Å². The molecule has 1 aromatic rings. The van der Waals surface area contributed by atoms with E-state index in [4.69, 9.17) is 0 Å². The van der Waals surface area contributed by atoms with Crippen molar-refractivity contribution in [2.24, 2.45) is 11.8 Å². The summed E-state index contributed by atoms with van der Waals surface area (Å²) in [6, 6.07) is 7.95. The molecule has 1 heterocycles. The lowest BCUT2D eigenvalue weighted by atomic mass is 9.84. The van der Waals surface area contributed by atoms with Crippen LogP contribution >= 0.6 is 15.9 Å². The van der Waals surface area contributed by atoms with Gasteiger partial charge in [-0.2, -0.15) is 0 Å². The minimum Gasteiger partial charge on any atom is -0.353 e. The van der Waals surface area contributed by atoms with E-state index in [1.807, 2.05) is 24.3 Å². The average molecular weight is 393 g/mol. The maximum Gasteiger partial charge on any atom is 0.227 e. The molecule has 0 bridgehead atoms. The van der Waals surface area contributed by atoms with Crippen molar-refractivity contribution in [2.75, 3.05) is 11.4 Å². The highest BCUT2D eigenvalue weighted by molar-refractivity contribution is 9.10. The number of anilines is 1. The topological polar surface area (TPSA) is 49.4 Å². The second-order valence-corrected chi connectivity index (χ2v) is 7.93. The predicted octanol–water partition coefficient (Wildman–Crippen LogP) is 3.89. The van der Waals surface area contributed by atoms with Gasteiger partial charge in [0.05, 0.1) is 5.92 Å². The zero-order valence-corrected chi connectivity index (χ0v) is 15.7. The second kappa shape index (κ2) is 7.68. The van der Waals surface area contributed by atoms with E-state index in [1.54, 1.807) is 4.90 Å². The molecule has 1 saturated carbocycles. The SMILES string of the molecule is CCC1CCC(NC(=O)[C@@H]2CC(=O)N(c3ccc(Br)cc3)C2)CC1. The third kappa shape index (κ3) is 4.00. The molecule has 0 unspecified atom stereocenters. The van der Waals surface area contributed by atoms with Crippen LogP contribution in [0.5, 0.6) is 0 Å². The molecule has 1 saturated heterocycles. The number of halogens is 1. The summed E-state index contributed by atoms with van der Waals surface area (Å²) < 4.78 is 0.981. The van der Waals surface area contributed by atoms with Crippen LogP contribution in [0.2, 0.25) is 0 Å². The first-order valence-electron chi connectivity index (χ1n) is 8.93. The lowest BCUT2D eigenvalue weighted by molar-refractivity contribution is -0.127. The minimum absolute atomic E-state index is 0.0344. The fourth-order valence-electron chi connectivity index (χ4n) is 3.79. The molecule has 1 atom stereocenters. The highest BCUT2D eigenvalue weighted by atomic mass is 79.9. The van der Waals surface area contributed by atoms with E-state index in [9.17, 15) is 9.59 Å². The third-order valence-electron chi connectivity index (χ3n) is 5.40. The van der Waals surface area contributed by atoms with E-state index in [0.29, 0.717) is 13.0 Å². The van der Waals surface area contributed by atoms with Crippen molar-refractivity contribution in [1.82, 2.24) is 5.32 Å². The maximum atomic E-state index is 12.5. The lowest BCUT2D eigenvalue weighted by Gasteiger charge is -2.29. The van der Waals surface area contributed by atoms with E-state index in [2.05, 4.69) is 28.2 Å². The molecule has 3 rings (SSSR count). The Labute approximate surface area is 152 Å². The highest BCUT2D eigenvalue weighted by Crippen LogP contribution is 2.29. The van der Waals surface area contributed by atoms with E-state index in [1.165, 1.54) is 19.3 Å². The summed E-state index contributed by atoms with van der Waals surface area (Å²) in [4.78, 5) is 26.6. The molecule has 2 amide bonds. The zero-order valence-electron chi connectivity index (χ0n) is 14.1. The Balaban J connectivity index is 1.55. The summed E-state index contributed by atoms with van der Waals surface area (Å²) in [6.07, 6.45) is 6.10. The van der Waals surface area contributed by atoms with Crippen LogP contribution < -0.4 is 10.2 Å². The summed E-state index contributed by atoms with van der Waals surface area (Å²) in [5, 5.41) is 3.18. The number of carbonyl (C=O) groups excluding carboxylic acids is 2. The molecule has 1 aromatic carbocycles. The van der Waals surface area contributed by atoms with Gasteiger partial charge in [0.15, 0.2) is 0 Å². The van der Waals surface area contributed by atoms with Gasteiger partial charge in [0.1, 0.15) is 0 Å². The molecule has 0 spiro atoms. The zero-order chi connectivity index (χ0) is 17.1. The number of hydrogen-bond acceptors (Lipinski definition) is 2. The molecular formula is C19H25BrN2O2. The number of benzene rings is 1. The molecule has 0 radical (unpaired) electrons. The van der Waals surface area contributed by atoms with Crippen LogP contribution in [0, 0.1) is 11.8 Å². The minimum atomic E-state index is -0.231. The van der Waals surface area contributed by atoms with Gasteiger partial charge in [-0.05, 0) is 55.9 Å². The molecule has 24 heavy (non-hydrogen) atoms. The first-order valence-corrected chi connectivity index (χ1v) is 9.72. The van der Waals surface area contributed by atoms with E-state index < -0.39 is 0 Å². The average Bonchev–Trinajstić information content (AvgIpc) is 2.98. The molecule has 2 aliphatic rings. The molecule has 130 valence electrons. The van der Waals surface area contributed by atoms with Crippen LogP contribution in [0.1, 0.15) is 45.4 Å². The van der Waals surface area contributed by atoms with Crippen molar-refractivity contribution in [1.29, 1.82) is 0 Å². The highest BCUT2D eigenvalue weighted by Gasteiger charge is 2.36. The van der Waals surface area contributed by atoms with Crippen molar-refractivity contribution in [2.45, 2.75) is 51.5 Å². The fourth-order valence-corrected chi connectivity index (χ4v) is 4.05. The van der Waals surface area contributed by atoms with Crippen molar-refractivity contribution < 1.29 is 9.59 Å². The summed E-state index contributed by atoms with van der Waals surface area (Å²) in [5.41, 5.74) is 0.863. The Morgan fingerprint density at radius 3 is 2.50 bits per heavy atom. The van der Waals surface area contributed by atoms with Crippen molar-refractivity contribution in [3.8, 4) is 0 Å². The predicted molar refractivity (Wildman–Crippen MR) is 98.8 cm³/mol. The fraction of sp³-hybridized carbons (Fsp3) is 0.579. The number of nitrogens with zero attached hydrogens (tertiary/aromatic N) is 1. The summed E-state index contributed by atoms with van der Waals surface area (Å²) >= 11 is 3.40. The van der Waals surface area contributed by atoms with Crippen LogP contribution in [0.15, 0.2) is 28.7 Å². The molecule has 0 aromatic heterocycles. The summed E-state index contributed by atoms with van der Waals surface area (Å²) in [7, 11) is 0. The van der Waals surface area contributed by atoms with Gasteiger partial charge in [-0.25, -0.2) is 0 Å². The van der Waals surface area contributed by atoms with Gasteiger partial charge < -0.3 is 10.2 Å². The van der Waals surface area contributed by atoms with E-state index in [0.717, 1.165) is 28.9 Å². The molecule has 1 aliphatic heterocycles. The summed E-state index contributed by atoms with van der Waals surface area (Å²) in [6.45, 7) is 2.72. The van der Waals surface area contributed by atoms with Crippen molar-refractivity contribution in [3.63, 3.8) is 0 Å². The van der Waals surface area contributed by atoms with Crippen molar-refractivity contribution in [3.05, 3.63) is 28.7 Å². The maximum absolute atomic E-state index is 12.5. The van der Waals surface area contributed by atoms with Crippen LogP contribution in [-0.4, -0.2) is 24.4 Å². The van der Waals surface area contributed by atoms with Gasteiger partial charge in [-0.15, -0.1) is 0 Å².